The normalized spacial score (nSPS) is 13.7. The van der Waals surface area contributed by atoms with Crippen molar-refractivity contribution in [2.24, 2.45) is 0 Å². The van der Waals surface area contributed by atoms with Gasteiger partial charge in [0.05, 0.1) is 24.9 Å². The molecule has 1 aliphatic carbocycles. The summed E-state index contributed by atoms with van der Waals surface area (Å²) in [4.78, 5) is 12.2. The third-order valence-electron chi connectivity index (χ3n) is 3.91. The van der Waals surface area contributed by atoms with Gasteiger partial charge in [0.1, 0.15) is 10.8 Å². The monoisotopic (exact) mass is 374 g/mol. The summed E-state index contributed by atoms with van der Waals surface area (Å²) in [6, 6.07) is 5.77. The molecule has 1 aromatic heterocycles. The van der Waals surface area contributed by atoms with Gasteiger partial charge >= 0.3 is 0 Å². The molecule has 128 valence electrons. The van der Waals surface area contributed by atoms with Crippen LogP contribution in [0.2, 0.25) is 10.0 Å². The number of halogens is 2. The van der Waals surface area contributed by atoms with Crippen molar-refractivity contribution in [1.29, 1.82) is 0 Å². The number of aromatic nitrogens is 2. The molecule has 1 heterocycles. The molecule has 1 aromatic carbocycles. The number of nitrogens with zero attached hydrogens (tertiary/aromatic N) is 2. The van der Waals surface area contributed by atoms with Crippen LogP contribution in [-0.4, -0.2) is 16.9 Å². The van der Waals surface area contributed by atoms with Crippen LogP contribution in [0.5, 0.6) is 5.75 Å². The first-order chi connectivity index (χ1) is 12.0. The van der Waals surface area contributed by atoms with Crippen molar-refractivity contribution in [3.05, 3.63) is 86.3 Å². The van der Waals surface area contributed by atoms with Gasteiger partial charge in [-0.2, -0.15) is 5.10 Å². The predicted molar refractivity (Wildman–Crippen MR) is 101 cm³/mol. The molecule has 0 saturated carbocycles. The number of rotatable bonds is 4. The van der Waals surface area contributed by atoms with E-state index in [-0.39, 0.29) is 16.6 Å². The van der Waals surface area contributed by atoms with Gasteiger partial charge in [-0.15, -0.1) is 0 Å². The Kier molecular flexibility index (Phi) is 5.11. The quantitative estimate of drug-likeness (QED) is 0.790. The summed E-state index contributed by atoms with van der Waals surface area (Å²) in [7, 11) is 1.64. The summed E-state index contributed by atoms with van der Waals surface area (Å²) in [6.07, 6.45) is 8.25. The Hall–Kier alpha value is -2.30. The SMILES string of the molecule is C=C1C=CCC(c2cc(Cn3ncc(Cl)c(Cl)c3=O)ccc2OC)=C1. The van der Waals surface area contributed by atoms with Crippen LogP contribution >= 0.6 is 23.2 Å². The molecular formula is C19H16Cl2N2O2. The van der Waals surface area contributed by atoms with Crippen LogP contribution in [0.4, 0.5) is 0 Å². The molecule has 25 heavy (non-hydrogen) atoms. The molecule has 0 fully saturated rings. The summed E-state index contributed by atoms with van der Waals surface area (Å²) in [5.41, 5.74) is 3.51. The molecule has 0 atom stereocenters. The fourth-order valence-corrected chi connectivity index (χ4v) is 2.96. The fraction of sp³-hybridized carbons (Fsp3) is 0.158. The summed E-state index contributed by atoms with van der Waals surface area (Å²) >= 11 is 11.7. The van der Waals surface area contributed by atoms with Crippen LogP contribution in [0.25, 0.3) is 5.57 Å². The minimum absolute atomic E-state index is 0.0261. The number of methoxy groups -OCH3 is 1. The molecule has 0 unspecified atom stereocenters. The summed E-state index contributed by atoms with van der Waals surface area (Å²) in [6.45, 7) is 4.27. The third-order valence-corrected chi connectivity index (χ3v) is 4.66. The highest BCUT2D eigenvalue weighted by Crippen LogP contribution is 2.32. The van der Waals surface area contributed by atoms with E-state index in [1.54, 1.807) is 7.11 Å². The minimum atomic E-state index is -0.417. The molecule has 2 aromatic rings. The molecule has 3 rings (SSSR count). The summed E-state index contributed by atoms with van der Waals surface area (Å²) in [5, 5.41) is 4.17. The van der Waals surface area contributed by atoms with Crippen LogP contribution in [0.1, 0.15) is 17.5 Å². The molecule has 0 N–H and O–H groups in total. The first-order valence-corrected chi connectivity index (χ1v) is 8.39. The van der Waals surface area contributed by atoms with E-state index in [4.69, 9.17) is 27.9 Å². The highest BCUT2D eigenvalue weighted by Gasteiger charge is 2.13. The van der Waals surface area contributed by atoms with Crippen LogP contribution in [0.15, 0.2) is 59.6 Å². The molecule has 0 bridgehead atoms. The van der Waals surface area contributed by atoms with E-state index in [0.717, 1.165) is 34.4 Å². The average molecular weight is 375 g/mol. The molecular weight excluding hydrogens is 359 g/mol. The van der Waals surface area contributed by atoms with Gasteiger partial charge in [0.15, 0.2) is 0 Å². The van der Waals surface area contributed by atoms with Crippen LogP contribution in [0.3, 0.4) is 0 Å². The highest BCUT2D eigenvalue weighted by atomic mass is 35.5. The Labute approximate surface area is 155 Å². The smallest absolute Gasteiger partial charge is 0.287 e. The maximum atomic E-state index is 12.2. The lowest BCUT2D eigenvalue weighted by molar-refractivity contribution is 0.413. The second-order valence-electron chi connectivity index (χ2n) is 5.65. The maximum absolute atomic E-state index is 12.2. The molecule has 4 nitrogen and oxygen atoms in total. The average Bonchev–Trinajstić information content (AvgIpc) is 2.62. The van der Waals surface area contributed by atoms with Crippen LogP contribution in [0, 0.1) is 0 Å². The third kappa shape index (κ3) is 3.70. The Morgan fingerprint density at radius 1 is 1.36 bits per heavy atom. The van der Waals surface area contributed by atoms with Gasteiger partial charge in [0, 0.05) is 5.56 Å². The molecule has 0 radical (unpaired) electrons. The molecule has 6 heteroatoms. The van der Waals surface area contributed by atoms with Gasteiger partial charge in [0.25, 0.3) is 5.56 Å². The molecule has 0 aliphatic heterocycles. The van der Waals surface area contributed by atoms with Crippen LogP contribution in [-0.2, 0) is 6.54 Å². The number of hydrogen-bond acceptors (Lipinski definition) is 3. The zero-order valence-corrected chi connectivity index (χ0v) is 15.1. The molecule has 1 aliphatic rings. The van der Waals surface area contributed by atoms with Gasteiger partial charge in [-0.3, -0.25) is 4.79 Å². The zero-order chi connectivity index (χ0) is 18.0. The van der Waals surface area contributed by atoms with Crippen molar-refractivity contribution < 1.29 is 4.74 Å². The Bertz CT molecular complexity index is 958. The van der Waals surface area contributed by atoms with Gasteiger partial charge in [0.2, 0.25) is 0 Å². The zero-order valence-electron chi connectivity index (χ0n) is 13.6. The number of benzene rings is 1. The van der Waals surface area contributed by atoms with Crippen molar-refractivity contribution in [3.63, 3.8) is 0 Å². The van der Waals surface area contributed by atoms with E-state index in [1.165, 1.54) is 10.9 Å². The lowest BCUT2D eigenvalue weighted by Crippen LogP contribution is -2.23. The second-order valence-corrected chi connectivity index (χ2v) is 6.44. The Morgan fingerprint density at radius 3 is 2.88 bits per heavy atom. The molecule has 0 spiro atoms. The van der Waals surface area contributed by atoms with E-state index >= 15 is 0 Å². The van der Waals surface area contributed by atoms with Gasteiger partial charge in [-0.05, 0) is 35.3 Å². The van der Waals surface area contributed by atoms with E-state index in [9.17, 15) is 4.79 Å². The minimum Gasteiger partial charge on any atom is -0.496 e. The van der Waals surface area contributed by atoms with Crippen molar-refractivity contribution in [3.8, 4) is 5.75 Å². The second kappa shape index (κ2) is 7.30. The highest BCUT2D eigenvalue weighted by molar-refractivity contribution is 6.41. The van der Waals surface area contributed by atoms with E-state index < -0.39 is 5.56 Å². The van der Waals surface area contributed by atoms with Crippen molar-refractivity contribution in [2.75, 3.05) is 7.11 Å². The lowest BCUT2D eigenvalue weighted by Gasteiger charge is -2.16. The van der Waals surface area contributed by atoms with Crippen molar-refractivity contribution in [1.82, 2.24) is 9.78 Å². The maximum Gasteiger partial charge on any atom is 0.287 e. The predicted octanol–water partition coefficient (Wildman–Crippen LogP) is 4.51. The van der Waals surface area contributed by atoms with E-state index in [0.29, 0.717) is 0 Å². The van der Waals surface area contributed by atoms with Gasteiger partial charge < -0.3 is 4.74 Å². The lowest BCUT2D eigenvalue weighted by atomic mass is 9.94. The Morgan fingerprint density at radius 2 is 2.16 bits per heavy atom. The van der Waals surface area contributed by atoms with E-state index in [2.05, 4.69) is 17.8 Å². The van der Waals surface area contributed by atoms with E-state index in [1.807, 2.05) is 30.4 Å². The molecule has 0 saturated heterocycles. The van der Waals surface area contributed by atoms with Gasteiger partial charge in [-0.25, -0.2) is 4.68 Å². The largest absolute Gasteiger partial charge is 0.496 e. The van der Waals surface area contributed by atoms with Crippen molar-refractivity contribution >= 4 is 28.8 Å². The number of ether oxygens (including phenoxy) is 1. The van der Waals surface area contributed by atoms with Crippen molar-refractivity contribution in [2.45, 2.75) is 13.0 Å². The summed E-state index contributed by atoms with van der Waals surface area (Å²) in [5.74, 6) is 0.771. The first-order valence-electron chi connectivity index (χ1n) is 7.64. The first kappa shape index (κ1) is 17.5. The number of hydrogen-bond donors (Lipinski definition) is 0. The Balaban J connectivity index is 1.99. The standard InChI is InChI=1S/C19H16Cl2N2O2/c1-12-4-3-5-14(8-12)15-9-13(6-7-17(15)25-2)11-23-19(24)18(21)16(20)10-22-23/h3-4,6-10H,1,5,11H2,2H3. The summed E-state index contributed by atoms with van der Waals surface area (Å²) < 4.78 is 6.77. The molecule has 0 amide bonds. The number of allylic oxidation sites excluding steroid dienone is 5. The van der Waals surface area contributed by atoms with Gasteiger partial charge in [-0.1, -0.05) is 54.1 Å². The topological polar surface area (TPSA) is 44.1 Å². The fourth-order valence-electron chi connectivity index (χ4n) is 2.69. The van der Waals surface area contributed by atoms with Crippen LogP contribution < -0.4 is 10.3 Å².